The summed E-state index contributed by atoms with van der Waals surface area (Å²) in [6.45, 7) is 9.19. The van der Waals surface area contributed by atoms with Crippen LogP contribution in [0.5, 0.6) is 0 Å². The van der Waals surface area contributed by atoms with Gasteiger partial charge in [-0.3, -0.25) is 4.68 Å². The fourth-order valence-corrected chi connectivity index (χ4v) is 4.23. The van der Waals surface area contributed by atoms with Gasteiger partial charge in [0.25, 0.3) is 0 Å². The van der Waals surface area contributed by atoms with Crippen molar-refractivity contribution in [2.24, 2.45) is 7.05 Å². The van der Waals surface area contributed by atoms with Gasteiger partial charge in [0.05, 0.1) is 5.69 Å². The minimum Gasteiger partial charge on any atom is -0.307 e. The van der Waals surface area contributed by atoms with Gasteiger partial charge in [0.1, 0.15) is 0 Å². The summed E-state index contributed by atoms with van der Waals surface area (Å²) < 4.78 is 2.00. The number of aryl methyl sites for hydroxylation is 2. The molecule has 20 heavy (non-hydrogen) atoms. The molecule has 112 valence electrons. The van der Waals surface area contributed by atoms with E-state index in [1.165, 1.54) is 55.7 Å². The SMILES string of the molecule is Cc1nn(C)c(C)c1C(C)NC1CCN2CCCC2C1. The number of piperidine rings is 1. The van der Waals surface area contributed by atoms with Crippen LogP contribution in [0, 0.1) is 13.8 Å². The van der Waals surface area contributed by atoms with E-state index in [1.54, 1.807) is 0 Å². The molecule has 3 atom stereocenters. The second-order valence-corrected chi connectivity index (χ2v) is 6.65. The Hall–Kier alpha value is -0.870. The van der Waals surface area contributed by atoms with Crippen molar-refractivity contribution < 1.29 is 0 Å². The van der Waals surface area contributed by atoms with E-state index in [1.807, 2.05) is 11.7 Å². The van der Waals surface area contributed by atoms with Crippen LogP contribution in [0.25, 0.3) is 0 Å². The number of nitrogens with zero attached hydrogens (tertiary/aromatic N) is 3. The lowest BCUT2D eigenvalue weighted by Crippen LogP contribution is -2.46. The zero-order valence-electron chi connectivity index (χ0n) is 13.3. The zero-order chi connectivity index (χ0) is 14.3. The first-order valence-electron chi connectivity index (χ1n) is 8.06. The minimum atomic E-state index is 0.404. The largest absolute Gasteiger partial charge is 0.307 e. The summed E-state index contributed by atoms with van der Waals surface area (Å²) in [5.74, 6) is 0. The number of hydrogen-bond acceptors (Lipinski definition) is 3. The summed E-state index contributed by atoms with van der Waals surface area (Å²) in [7, 11) is 2.04. The molecule has 4 heteroatoms. The quantitative estimate of drug-likeness (QED) is 0.919. The number of nitrogens with one attached hydrogen (secondary N) is 1. The maximum atomic E-state index is 4.55. The molecule has 1 aromatic rings. The molecule has 0 amide bonds. The smallest absolute Gasteiger partial charge is 0.0644 e. The van der Waals surface area contributed by atoms with E-state index < -0.39 is 0 Å². The normalized spacial score (nSPS) is 28.6. The number of hydrogen-bond donors (Lipinski definition) is 1. The summed E-state index contributed by atoms with van der Waals surface area (Å²) in [6.07, 6.45) is 5.41. The molecule has 0 bridgehead atoms. The molecule has 3 unspecified atom stereocenters. The van der Waals surface area contributed by atoms with Gasteiger partial charge in [-0.15, -0.1) is 0 Å². The van der Waals surface area contributed by atoms with E-state index in [0.717, 1.165) is 6.04 Å². The molecular formula is C16H28N4. The molecule has 3 rings (SSSR count). The van der Waals surface area contributed by atoms with Crippen LogP contribution in [0.1, 0.15) is 55.6 Å². The molecule has 2 saturated heterocycles. The second kappa shape index (κ2) is 5.49. The van der Waals surface area contributed by atoms with Crippen molar-refractivity contribution in [1.82, 2.24) is 20.0 Å². The Morgan fingerprint density at radius 3 is 2.75 bits per heavy atom. The molecule has 3 heterocycles. The average Bonchev–Trinajstić information content (AvgIpc) is 2.94. The third kappa shape index (κ3) is 2.51. The molecule has 0 spiro atoms. The Bertz CT molecular complexity index is 479. The predicted octanol–water partition coefficient (Wildman–Crippen LogP) is 2.31. The molecule has 2 aliphatic rings. The van der Waals surface area contributed by atoms with Gasteiger partial charge < -0.3 is 10.2 Å². The molecule has 2 fully saturated rings. The lowest BCUT2D eigenvalue weighted by Gasteiger charge is -2.36. The van der Waals surface area contributed by atoms with Crippen molar-refractivity contribution >= 4 is 0 Å². The molecule has 1 N–H and O–H groups in total. The van der Waals surface area contributed by atoms with Crippen molar-refractivity contribution in [1.29, 1.82) is 0 Å². The minimum absolute atomic E-state index is 0.404. The Balaban J connectivity index is 1.65. The van der Waals surface area contributed by atoms with Crippen molar-refractivity contribution in [3.63, 3.8) is 0 Å². The fourth-order valence-electron chi connectivity index (χ4n) is 4.23. The van der Waals surface area contributed by atoms with Crippen molar-refractivity contribution in [2.75, 3.05) is 13.1 Å². The van der Waals surface area contributed by atoms with Gasteiger partial charge in [0.15, 0.2) is 0 Å². The van der Waals surface area contributed by atoms with E-state index in [0.29, 0.717) is 12.1 Å². The molecule has 1 aromatic heterocycles. The van der Waals surface area contributed by atoms with Gasteiger partial charge in [-0.05, 0) is 59.5 Å². The van der Waals surface area contributed by atoms with Gasteiger partial charge in [0.2, 0.25) is 0 Å². The summed E-state index contributed by atoms with van der Waals surface area (Å²) in [5.41, 5.74) is 3.85. The molecule has 0 aliphatic carbocycles. The van der Waals surface area contributed by atoms with Crippen LogP contribution in [0.4, 0.5) is 0 Å². The van der Waals surface area contributed by atoms with E-state index in [9.17, 15) is 0 Å². The maximum absolute atomic E-state index is 4.55. The molecular weight excluding hydrogens is 248 g/mol. The third-order valence-corrected chi connectivity index (χ3v) is 5.30. The summed E-state index contributed by atoms with van der Waals surface area (Å²) in [6, 6.07) is 1.91. The van der Waals surface area contributed by atoms with Crippen molar-refractivity contribution in [3.05, 3.63) is 17.0 Å². The Morgan fingerprint density at radius 2 is 2.05 bits per heavy atom. The van der Waals surface area contributed by atoms with E-state index in [-0.39, 0.29) is 0 Å². The predicted molar refractivity (Wildman–Crippen MR) is 81.8 cm³/mol. The Kier molecular flexibility index (Phi) is 3.87. The first-order valence-corrected chi connectivity index (χ1v) is 8.06. The van der Waals surface area contributed by atoms with Crippen LogP contribution < -0.4 is 5.32 Å². The van der Waals surface area contributed by atoms with Crippen LogP contribution in [-0.2, 0) is 7.05 Å². The summed E-state index contributed by atoms with van der Waals surface area (Å²) in [5, 5.41) is 8.41. The molecule has 4 nitrogen and oxygen atoms in total. The molecule has 2 aliphatic heterocycles. The van der Waals surface area contributed by atoms with Crippen LogP contribution in [0.2, 0.25) is 0 Å². The monoisotopic (exact) mass is 276 g/mol. The lowest BCUT2D eigenvalue weighted by atomic mass is 9.95. The van der Waals surface area contributed by atoms with Gasteiger partial charge in [-0.1, -0.05) is 0 Å². The Morgan fingerprint density at radius 1 is 1.25 bits per heavy atom. The van der Waals surface area contributed by atoms with E-state index >= 15 is 0 Å². The van der Waals surface area contributed by atoms with Crippen molar-refractivity contribution in [2.45, 2.75) is 64.6 Å². The summed E-state index contributed by atoms with van der Waals surface area (Å²) in [4.78, 5) is 2.68. The van der Waals surface area contributed by atoms with Gasteiger partial charge in [-0.2, -0.15) is 5.10 Å². The standard InChI is InChI=1S/C16H28N4/c1-11(16-12(2)18-19(4)13(16)3)17-14-7-9-20-8-5-6-15(20)10-14/h11,14-15,17H,5-10H2,1-4H3. The fraction of sp³-hybridized carbons (Fsp3) is 0.812. The highest BCUT2D eigenvalue weighted by Gasteiger charge is 2.32. The first-order chi connectivity index (χ1) is 9.56. The van der Waals surface area contributed by atoms with Gasteiger partial charge >= 0.3 is 0 Å². The van der Waals surface area contributed by atoms with E-state index in [4.69, 9.17) is 0 Å². The summed E-state index contributed by atoms with van der Waals surface area (Å²) >= 11 is 0. The zero-order valence-corrected chi connectivity index (χ0v) is 13.3. The Labute approximate surface area is 122 Å². The molecule has 0 aromatic carbocycles. The highest BCUT2D eigenvalue weighted by Crippen LogP contribution is 2.29. The van der Waals surface area contributed by atoms with Gasteiger partial charge in [-0.25, -0.2) is 0 Å². The van der Waals surface area contributed by atoms with Crippen molar-refractivity contribution in [3.8, 4) is 0 Å². The number of rotatable bonds is 3. The third-order valence-electron chi connectivity index (χ3n) is 5.30. The second-order valence-electron chi connectivity index (χ2n) is 6.65. The van der Waals surface area contributed by atoms with Crippen LogP contribution in [0.3, 0.4) is 0 Å². The number of aromatic nitrogens is 2. The van der Waals surface area contributed by atoms with Crippen LogP contribution in [-0.4, -0.2) is 39.9 Å². The van der Waals surface area contributed by atoms with Crippen LogP contribution in [0.15, 0.2) is 0 Å². The number of fused-ring (bicyclic) bond motifs is 1. The van der Waals surface area contributed by atoms with Gasteiger partial charge in [0, 0.05) is 36.4 Å². The maximum Gasteiger partial charge on any atom is 0.0644 e. The van der Waals surface area contributed by atoms with E-state index in [2.05, 4.69) is 36.1 Å². The average molecular weight is 276 g/mol. The van der Waals surface area contributed by atoms with Crippen LogP contribution >= 0.6 is 0 Å². The highest BCUT2D eigenvalue weighted by molar-refractivity contribution is 5.27. The molecule has 0 saturated carbocycles. The highest BCUT2D eigenvalue weighted by atomic mass is 15.3. The lowest BCUT2D eigenvalue weighted by molar-refractivity contribution is 0.162. The molecule has 0 radical (unpaired) electrons. The first kappa shape index (κ1) is 14.1. The topological polar surface area (TPSA) is 33.1 Å².